The van der Waals surface area contributed by atoms with Crippen LogP contribution in [0.2, 0.25) is 0 Å². The highest BCUT2D eigenvalue weighted by atomic mass is 19.4. The molecule has 0 aliphatic carbocycles. The minimum atomic E-state index is -6.61. The minimum absolute atomic E-state index is 2.07. The molecule has 0 bridgehead atoms. The molecule has 148 valence electrons. The first-order valence-corrected chi connectivity index (χ1v) is 4.87. The van der Waals surface area contributed by atoms with Gasteiger partial charge in [-0.1, -0.05) is 0 Å². The van der Waals surface area contributed by atoms with E-state index in [2.05, 4.69) is 14.2 Å². The van der Waals surface area contributed by atoms with Gasteiger partial charge in [0.2, 0.25) is 0 Å². The standard InChI is InChI=1S/C8F14O3/c9-1(3(11)24-7(19,20)5(13,14)15)23-2(10)4(12)25-8(21,22)6(16,17)18. The molecule has 0 radical (unpaired) electrons. The van der Waals surface area contributed by atoms with E-state index < -0.39 is 48.6 Å². The zero-order chi connectivity index (χ0) is 20.4. The quantitative estimate of drug-likeness (QED) is 0.429. The normalized spacial score (nSPS) is 16.1. The Morgan fingerprint density at radius 3 is 0.880 bits per heavy atom. The summed E-state index contributed by atoms with van der Waals surface area (Å²) in [5.74, 6) is 0. The molecule has 0 saturated carbocycles. The van der Waals surface area contributed by atoms with Crippen LogP contribution >= 0.6 is 0 Å². The van der Waals surface area contributed by atoms with Gasteiger partial charge in [-0.2, -0.15) is 61.5 Å². The maximum atomic E-state index is 12.5. The Bertz CT molecular complexity index is 493. The number of hydrogen-bond acceptors (Lipinski definition) is 3. The van der Waals surface area contributed by atoms with E-state index in [-0.39, 0.29) is 0 Å². The molecule has 0 saturated heterocycles. The zero-order valence-electron chi connectivity index (χ0n) is 10.5. The summed E-state index contributed by atoms with van der Waals surface area (Å²) in [6.07, 6.45) is -26.0. The highest BCUT2D eigenvalue weighted by Gasteiger charge is 2.63. The summed E-state index contributed by atoms with van der Waals surface area (Å²) in [6, 6.07) is -14.4. The zero-order valence-corrected chi connectivity index (χ0v) is 10.5. The SMILES string of the molecule is FC(OC(F)=C(F)OC(F)(F)C(F)(F)F)=C(F)OC(F)(F)C(F)(F)F. The van der Waals surface area contributed by atoms with Crippen molar-refractivity contribution in [3.8, 4) is 0 Å². The molecule has 0 heterocycles. The van der Waals surface area contributed by atoms with Crippen molar-refractivity contribution in [3.05, 3.63) is 24.1 Å². The summed E-state index contributed by atoms with van der Waals surface area (Å²) in [7, 11) is 0. The third-order valence-electron chi connectivity index (χ3n) is 1.58. The van der Waals surface area contributed by atoms with Gasteiger partial charge in [0.15, 0.2) is 0 Å². The summed E-state index contributed by atoms with van der Waals surface area (Å²) < 4.78 is 175. The largest absolute Gasteiger partial charge is 0.500 e. The molecule has 0 aromatic rings. The first-order valence-electron chi connectivity index (χ1n) is 4.87. The molecular weight excluding hydrogens is 410 g/mol. The van der Waals surface area contributed by atoms with E-state index >= 15 is 0 Å². The smallest absolute Gasteiger partial charge is 0.395 e. The Morgan fingerprint density at radius 1 is 0.440 bits per heavy atom. The molecule has 17 heteroatoms. The molecule has 25 heavy (non-hydrogen) atoms. The summed E-state index contributed by atoms with van der Waals surface area (Å²) in [6.45, 7) is 0. The fourth-order valence-electron chi connectivity index (χ4n) is 0.580. The maximum Gasteiger partial charge on any atom is 0.500 e. The molecule has 0 spiro atoms. The number of ether oxygens (including phenoxy) is 3. The van der Waals surface area contributed by atoms with Gasteiger partial charge >= 0.3 is 48.6 Å². The average Bonchev–Trinajstić information content (AvgIpc) is 2.34. The molecule has 0 aliphatic rings. The highest BCUT2D eigenvalue weighted by Crippen LogP contribution is 2.40. The van der Waals surface area contributed by atoms with Crippen LogP contribution in [-0.4, -0.2) is 24.6 Å². The van der Waals surface area contributed by atoms with E-state index in [0.29, 0.717) is 0 Å². The van der Waals surface area contributed by atoms with E-state index in [1.807, 2.05) is 0 Å². The Balaban J connectivity index is 5.29. The van der Waals surface area contributed by atoms with Crippen molar-refractivity contribution in [2.45, 2.75) is 24.6 Å². The number of halogens is 14. The molecule has 0 atom stereocenters. The van der Waals surface area contributed by atoms with Crippen molar-refractivity contribution in [1.29, 1.82) is 0 Å². The van der Waals surface area contributed by atoms with Crippen molar-refractivity contribution in [2.75, 3.05) is 0 Å². The van der Waals surface area contributed by atoms with Gasteiger partial charge < -0.3 is 14.2 Å². The van der Waals surface area contributed by atoms with Crippen LogP contribution in [0.5, 0.6) is 0 Å². The van der Waals surface area contributed by atoms with Crippen molar-refractivity contribution in [3.63, 3.8) is 0 Å². The topological polar surface area (TPSA) is 27.7 Å². The van der Waals surface area contributed by atoms with Crippen LogP contribution in [0.3, 0.4) is 0 Å². The number of rotatable bonds is 6. The maximum absolute atomic E-state index is 12.5. The predicted molar refractivity (Wildman–Crippen MR) is 43.7 cm³/mol. The third-order valence-corrected chi connectivity index (χ3v) is 1.58. The van der Waals surface area contributed by atoms with Crippen LogP contribution < -0.4 is 0 Å². The fourth-order valence-corrected chi connectivity index (χ4v) is 0.580. The monoisotopic (exact) mass is 410 g/mol. The van der Waals surface area contributed by atoms with Gasteiger partial charge in [0.1, 0.15) is 0 Å². The second kappa shape index (κ2) is 7.03. The van der Waals surface area contributed by atoms with E-state index in [9.17, 15) is 61.5 Å². The van der Waals surface area contributed by atoms with E-state index in [1.54, 1.807) is 0 Å². The van der Waals surface area contributed by atoms with E-state index in [4.69, 9.17) is 0 Å². The van der Waals surface area contributed by atoms with Crippen molar-refractivity contribution >= 4 is 0 Å². The van der Waals surface area contributed by atoms with Crippen molar-refractivity contribution in [2.24, 2.45) is 0 Å². The molecule has 3 nitrogen and oxygen atoms in total. The van der Waals surface area contributed by atoms with Gasteiger partial charge in [0.05, 0.1) is 0 Å². The van der Waals surface area contributed by atoms with E-state index in [0.717, 1.165) is 0 Å². The molecule has 0 fully saturated rings. The lowest BCUT2D eigenvalue weighted by molar-refractivity contribution is -0.386. The molecule has 0 N–H and O–H groups in total. The van der Waals surface area contributed by atoms with Gasteiger partial charge in [-0.15, -0.1) is 0 Å². The van der Waals surface area contributed by atoms with Crippen molar-refractivity contribution < 1.29 is 75.7 Å². The molecule has 0 aliphatic heterocycles. The van der Waals surface area contributed by atoms with E-state index in [1.165, 1.54) is 0 Å². The first kappa shape index (κ1) is 22.9. The lowest BCUT2D eigenvalue weighted by Gasteiger charge is -2.19. The van der Waals surface area contributed by atoms with Gasteiger partial charge in [-0.25, -0.2) is 0 Å². The Hall–Kier alpha value is -2.10. The van der Waals surface area contributed by atoms with Crippen LogP contribution in [0, 0.1) is 0 Å². The Labute approximate surface area is 126 Å². The summed E-state index contributed by atoms with van der Waals surface area (Å²) in [5.41, 5.74) is 0. The fraction of sp³-hybridized carbons (Fsp3) is 0.500. The van der Waals surface area contributed by atoms with Gasteiger partial charge in [0, 0.05) is 0 Å². The molecule has 0 unspecified atom stereocenters. The van der Waals surface area contributed by atoms with Gasteiger partial charge in [-0.3, -0.25) is 0 Å². The number of hydrogen-bond donors (Lipinski definition) is 0. The molecule has 0 rings (SSSR count). The van der Waals surface area contributed by atoms with Crippen LogP contribution in [-0.2, 0) is 14.2 Å². The third kappa shape index (κ3) is 6.04. The lowest BCUT2D eigenvalue weighted by Crippen LogP contribution is -2.38. The summed E-state index contributed by atoms with van der Waals surface area (Å²) >= 11 is 0. The minimum Gasteiger partial charge on any atom is -0.395 e. The summed E-state index contributed by atoms with van der Waals surface area (Å²) in [5, 5.41) is 0. The first-order chi connectivity index (χ1) is 10.8. The van der Waals surface area contributed by atoms with Crippen LogP contribution in [0.1, 0.15) is 0 Å². The second-order valence-corrected chi connectivity index (χ2v) is 3.43. The Kier molecular flexibility index (Phi) is 6.44. The summed E-state index contributed by atoms with van der Waals surface area (Å²) in [4.78, 5) is 0. The molecular formula is C8F14O3. The second-order valence-electron chi connectivity index (χ2n) is 3.43. The van der Waals surface area contributed by atoms with Crippen LogP contribution in [0.4, 0.5) is 61.5 Å². The van der Waals surface area contributed by atoms with Crippen LogP contribution in [0.25, 0.3) is 0 Å². The van der Waals surface area contributed by atoms with Crippen molar-refractivity contribution in [1.82, 2.24) is 0 Å². The predicted octanol–water partition coefficient (Wildman–Crippen LogP) is 5.48. The average molecular weight is 410 g/mol. The van der Waals surface area contributed by atoms with Gasteiger partial charge in [-0.05, 0) is 0 Å². The molecule has 0 amide bonds. The molecule has 0 aromatic carbocycles. The number of alkyl halides is 10. The highest BCUT2D eigenvalue weighted by molar-refractivity contribution is 4.94. The molecule has 0 aromatic heterocycles. The Morgan fingerprint density at radius 2 is 0.680 bits per heavy atom. The van der Waals surface area contributed by atoms with Crippen LogP contribution in [0.15, 0.2) is 24.1 Å². The van der Waals surface area contributed by atoms with Gasteiger partial charge in [0.25, 0.3) is 0 Å². The lowest BCUT2D eigenvalue weighted by atomic mass is 10.6.